The van der Waals surface area contributed by atoms with Crippen LogP contribution in [0, 0.1) is 0 Å². The van der Waals surface area contributed by atoms with E-state index in [1.54, 1.807) is 0 Å². The van der Waals surface area contributed by atoms with Gasteiger partial charge in [-0.05, 0) is 19.3 Å². The number of aliphatic carboxylic acids is 3. The number of hydrogen-bond acceptors (Lipinski definition) is 4. The molecular formula is C11H17FN2O7. The van der Waals surface area contributed by atoms with E-state index in [-0.39, 0.29) is 25.8 Å². The van der Waals surface area contributed by atoms with Gasteiger partial charge in [-0.1, -0.05) is 0 Å². The lowest BCUT2D eigenvalue weighted by Crippen LogP contribution is -2.46. The summed E-state index contributed by atoms with van der Waals surface area (Å²) in [6, 6.07) is -2.20. The second-order valence-corrected chi connectivity index (χ2v) is 4.17. The topological polar surface area (TPSA) is 153 Å². The maximum Gasteiger partial charge on any atom is 0.338 e. The molecule has 0 heterocycles. The van der Waals surface area contributed by atoms with E-state index in [0.717, 1.165) is 0 Å². The maximum absolute atomic E-state index is 12.7. The molecule has 21 heavy (non-hydrogen) atoms. The molecule has 0 saturated heterocycles. The van der Waals surface area contributed by atoms with E-state index in [2.05, 4.69) is 10.6 Å². The van der Waals surface area contributed by atoms with E-state index in [1.807, 2.05) is 0 Å². The van der Waals surface area contributed by atoms with E-state index >= 15 is 0 Å². The smallest absolute Gasteiger partial charge is 0.338 e. The largest absolute Gasteiger partial charge is 0.481 e. The van der Waals surface area contributed by atoms with Crippen molar-refractivity contribution >= 4 is 23.9 Å². The minimum absolute atomic E-state index is 0.0369. The van der Waals surface area contributed by atoms with Crippen LogP contribution in [0.3, 0.4) is 0 Å². The van der Waals surface area contributed by atoms with Crippen molar-refractivity contribution in [3.63, 3.8) is 0 Å². The number of carboxylic acid groups (broad SMARTS) is 3. The van der Waals surface area contributed by atoms with Gasteiger partial charge in [-0.3, -0.25) is 4.79 Å². The number of alkyl halides is 1. The van der Waals surface area contributed by atoms with Gasteiger partial charge >= 0.3 is 23.9 Å². The highest BCUT2D eigenvalue weighted by Gasteiger charge is 2.21. The molecular weight excluding hydrogens is 291 g/mol. The van der Waals surface area contributed by atoms with Crippen LogP contribution in [0.5, 0.6) is 0 Å². The number of carbonyl (C=O) groups excluding carboxylic acids is 1. The Morgan fingerprint density at radius 2 is 1.62 bits per heavy atom. The second kappa shape index (κ2) is 9.50. The number of hydrogen-bond donors (Lipinski definition) is 5. The number of halogens is 1. The van der Waals surface area contributed by atoms with Gasteiger partial charge in [0.25, 0.3) is 0 Å². The molecule has 0 aliphatic carbocycles. The molecule has 2 amide bonds. The Hall–Kier alpha value is -2.39. The SMILES string of the molecule is O=C(O)CCC(NC(=O)NCCCC(F)C(=O)O)C(=O)O. The van der Waals surface area contributed by atoms with Gasteiger partial charge in [0.15, 0.2) is 6.17 Å². The first-order chi connectivity index (χ1) is 9.73. The Bertz CT molecular complexity index is 402. The summed E-state index contributed by atoms with van der Waals surface area (Å²) < 4.78 is 12.7. The van der Waals surface area contributed by atoms with Crippen molar-refractivity contribution in [2.24, 2.45) is 0 Å². The zero-order valence-corrected chi connectivity index (χ0v) is 11.0. The summed E-state index contributed by atoms with van der Waals surface area (Å²) >= 11 is 0. The molecule has 0 saturated carbocycles. The number of amides is 2. The zero-order chi connectivity index (χ0) is 16.4. The molecule has 120 valence electrons. The third-order valence-electron chi connectivity index (χ3n) is 2.44. The molecule has 10 heteroatoms. The summed E-state index contributed by atoms with van der Waals surface area (Å²) in [6.07, 6.45) is -2.93. The summed E-state index contributed by atoms with van der Waals surface area (Å²) in [5.74, 6) is -4.15. The van der Waals surface area contributed by atoms with Crippen LogP contribution in [0.4, 0.5) is 9.18 Å². The number of rotatable bonds is 10. The van der Waals surface area contributed by atoms with Crippen molar-refractivity contribution in [1.29, 1.82) is 0 Å². The van der Waals surface area contributed by atoms with Gasteiger partial charge in [-0.25, -0.2) is 18.8 Å². The Morgan fingerprint density at radius 1 is 1.00 bits per heavy atom. The summed E-state index contributed by atoms with van der Waals surface area (Å²) in [5.41, 5.74) is 0. The van der Waals surface area contributed by atoms with Crippen LogP contribution in [0.15, 0.2) is 0 Å². The lowest BCUT2D eigenvalue weighted by molar-refractivity contribution is -0.143. The molecule has 0 aliphatic rings. The summed E-state index contributed by atoms with van der Waals surface area (Å²) in [5, 5.41) is 29.8. The van der Waals surface area contributed by atoms with Crippen molar-refractivity contribution in [2.45, 2.75) is 37.9 Å². The van der Waals surface area contributed by atoms with Crippen molar-refractivity contribution < 1.29 is 38.9 Å². The Morgan fingerprint density at radius 3 is 2.10 bits per heavy atom. The molecule has 2 unspecified atom stereocenters. The van der Waals surface area contributed by atoms with E-state index in [0.29, 0.717) is 0 Å². The van der Waals surface area contributed by atoms with Crippen LogP contribution in [0.1, 0.15) is 25.7 Å². The van der Waals surface area contributed by atoms with Crippen LogP contribution in [-0.4, -0.2) is 58.0 Å². The highest BCUT2D eigenvalue weighted by molar-refractivity contribution is 5.83. The van der Waals surface area contributed by atoms with E-state index < -0.39 is 42.6 Å². The molecule has 9 nitrogen and oxygen atoms in total. The first-order valence-corrected chi connectivity index (χ1v) is 6.10. The number of carboxylic acids is 3. The first kappa shape index (κ1) is 18.6. The van der Waals surface area contributed by atoms with Crippen molar-refractivity contribution in [2.75, 3.05) is 6.54 Å². The summed E-state index contributed by atoms with van der Waals surface area (Å²) in [7, 11) is 0. The monoisotopic (exact) mass is 308 g/mol. The predicted molar refractivity (Wildman–Crippen MR) is 66.6 cm³/mol. The predicted octanol–water partition coefficient (Wildman–Crippen LogP) is -0.193. The van der Waals surface area contributed by atoms with Gasteiger partial charge in [0.2, 0.25) is 0 Å². The van der Waals surface area contributed by atoms with Gasteiger partial charge in [0.1, 0.15) is 6.04 Å². The van der Waals surface area contributed by atoms with Crippen molar-refractivity contribution in [3.8, 4) is 0 Å². The Balaban J connectivity index is 4.01. The molecule has 0 aromatic heterocycles. The summed E-state index contributed by atoms with van der Waals surface area (Å²) in [6.45, 7) is -0.0369. The normalized spacial score (nSPS) is 13.0. The van der Waals surface area contributed by atoms with Crippen LogP contribution in [-0.2, 0) is 14.4 Å². The van der Waals surface area contributed by atoms with Crippen LogP contribution < -0.4 is 10.6 Å². The lowest BCUT2D eigenvalue weighted by atomic mass is 10.1. The Labute approximate surface area is 119 Å². The average Bonchev–Trinajstić information content (AvgIpc) is 2.38. The van der Waals surface area contributed by atoms with Crippen molar-refractivity contribution in [3.05, 3.63) is 0 Å². The van der Waals surface area contributed by atoms with E-state index in [1.165, 1.54) is 0 Å². The molecule has 2 atom stereocenters. The quantitative estimate of drug-likeness (QED) is 0.350. The average molecular weight is 308 g/mol. The second-order valence-electron chi connectivity index (χ2n) is 4.17. The molecule has 0 aliphatic heterocycles. The van der Waals surface area contributed by atoms with Gasteiger partial charge in [0.05, 0.1) is 0 Å². The maximum atomic E-state index is 12.7. The highest BCUT2D eigenvalue weighted by atomic mass is 19.1. The molecule has 0 aromatic rings. The van der Waals surface area contributed by atoms with Gasteiger partial charge < -0.3 is 26.0 Å². The fourth-order valence-corrected chi connectivity index (χ4v) is 1.34. The van der Waals surface area contributed by atoms with E-state index in [4.69, 9.17) is 15.3 Å². The molecule has 0 spiro atoms. The van der Waals surface area contributed by atoms with Crippen LogP contribution >= 0.6 is 0 Å². The standard InChI is InChI=1S/C11H17FN2O7/c12-6(9(17)18)2-1-5-13-11(21)14-7(10(19)20)3-4-8(15)16/h6-7H,1-5H2,(H,15,16)(H,17,18)(H,19,20)(H2,13,14,21). The number of carbonyl (C=O) groups is 4. The lowest BCUT2D eigenvalue weighted by Gasteiger charge is -2.14. The molecule has 0 radical (unpaired) electrons. The number of nitrogens with one attached hydrogen (secondary N) is 2. The molecule has 5 N–H and O–H groups in total. The van der Waals surface area contributed by atoms with Gasteiger partial charge in [-0.2, -0.15) is 0 Å². The Kier molecular flexibility index (Phi) is 8.42. The fraction of sp³-hybridized carbons (Fsp3) is 0.636. The molecule has 0 fully saturated rings. The van der Waals surface area contributed by atoms with E-state index in [9.17, 15) is 23.6 Å². The highest BCUT2D eigenvalue weighted by Crippen LogP contribution is 2.01. The van der Waals surface area contributed by atoms with Gasteiger partial charge in [-0.15, -0.1) is 0 Å². The van der Waals surface area contributed by atoms with Crippen LogP contribution in [0.25, 0.3) is 0 Å². The summed E-state index contributed by atoms with van der Waals surface area (Å²) in [4.78, 5) is 42.7. The fourth-order valence-electron chi connectivity index (χ4n) is 1.34. The van der Waals surface area contributed by atoms with Crippen LogP contribution in [0.2, 0.25) is 0 Å². The minimum atomic E-state index is -2.02. The molecule has 0 bridgehead atoms. The molecule has 0 aromatic carbocycles. The van der Waals surface area contributed by atoms with Gasteiger partial charge in [0, 0.05) is 13.0 Å². The zero-order valence-electron chi connectivity index (χ0n) is 11.0. The third-order valence-corrected chi connectivity index (χ3v) is 2.44. The molecule has 0 rings (SSSR count). The third kappa shape index (κ3) is 9.19. The van der Waals surface area contributed by atoms with Crippen molar-refractivity contribution in [1.82, 2.24) is 10.6 Å². The minimum Gasteiger partial charge on any atom is -0.481 e. The first-order valence-electron chi connectivity index (χ1n) is 6.10. The number of urea groups is 1.